The number of hydrogen-bond acceptors (Lipinski definition) is 6. The van der Waals surface area contributed by atoms with Crippen LogP contribution in [-0.2, 0) is 6.42 Å². The van der Waals surface area contributed by atoms with Gasteiger partial charge in [0.2, 0.25) is 0 Å². The Morgan fingerprint density at radius 2 is 1.74 bits per heavy atom. The van der Waals surface area contributed by atoms with Gasteiger partial charge < -0.3 is 31.9 Å². The molecule has 0 bridgehead atoms. The highest BCUT2D eigenvalue weighted by Crippen LogP contribution is 2.21. The van der Waals surface area contributed by atoms with Gasteiger partial charge in [-0.3, -0.25) is 4.99 Å². The van der Waals surface area contributed by atoms with Crippen LogP contribution in [0, 0.1) is 0 Å². The molecule has 0 radical (unpaired) electrons. The standard InChI is InChI=1S/C20H35N5O2/c21-10-4-11-22-14-18(26)19(27)15-23-12-5-13-24-20-9-3-7-16-6-1-2-8-17(16)25-20/h1-2,6,8,18-19,22-23,26-27H,3-5,7,9-15,21H2,(H,24,25)/t18-,19+/m1/s1. The first-order valence-electron chi connectivity index (χ1n) is 10.1. The van der Waals surface area contributed by atoms with Crippen molar-refractivity contribution in [3.05, 3.63) is 29.8 Å². The van der Waals surface area contributed by atoms with Crippen LogP contribution < -0.4 is 21.7 Å². The number of hydrogen-bond donors (Lipinski definition) is 6. The maximum absolute atomic E-state index is 9.94. The van der Waals surface area contributed by atoms with Crippen molar-refractivity contribution in [2.24, 2.45) is 10.7 Å². The SMILES string of the molecule is NCCCNC[C@@H](O)[C@@H](O)CNCCCN=C1CCCc2ccccc2N1. The lowest BCUT2D eigenvalue weighted by molar-refractivity contribution is 0.0211. The number of aliphatic imine (C=N–C) groups is 1. The van der Waals surface area contributed by atoms with Crippen LogP contribution in [-0.4, -0.2) is 67.5 Å². The van der Waals surface area contributed by atoms with Gasteiger partial charge in [-0.1, -0.05) is 18.2 Å². The van der Waals surface area contributed by atoms with Crippen molar-refractivity contribution in [3.8, 4) is 0 Å². The van der Waals surface area contributed by atoms with Crippen molar-refractivity contribution in [1.29, 1.82) is 0 Å². The van der Waals surface area contributed by atoms with Crippen molar-refractivity contribution >= 4 is 11.5 Å². The van der Waals surface area contributed by atoms with Gasteiger partial charge in [-0.15, -0.1) is 0 Å². The maximum Gasteiger partial charge on any atom is 0.101 e. The number of fused-ring (bicyclic) bond motifs is 1. The van der Waals surface area contributed by atoms with Gasteiger partial charge in [0.05, 0.1) is 12.2 Å². The van der Waals surface area contributed by atoms with E-state index in [0.29, 0.717) is 19.6 Å². The van der Waals surface area contributed by atoms with E-state index in [0.717, 1.165) is 57.6 Å². The Morgan fingerprint density at radius 3 is 2.48 bits per heavy atom. The van der Waals surface area contributed by atoms with Gasteiger partial charge >= 0.3 is 0 Å². The fraction of sp³-hybridized carbons (Fsp3) is 0.650. The van der Waals surface area contributed by atoms with Crippen LogP contribution in [0.5, 0.6) is 0 Å². The van der Waals surface area contributed by atoms with E-state index in [4.69, 9.17) is 5.73 Å². The van der Waals surface area contributed by atoms with E-state index in [1.54, 1.807) is 0 Å². The average molecular weight is 378 g/mol. The molecular weight excluding hydrogens is 342 g/mol. The highest BCUT2D eigenvalue weighted by atomic mass is 16.3. The second-order valence-electron chi connectivity index (χ2n) is 7.00. The number of para-hydroxylation sites is 1. The predicted molar refractivity (Wildman–Crippen MR) is 111 cm³/mol. The topological polar surface area (TPSA) is 115 Å². The van der Waals surface area contributed by atoms with E-state index in [1.807, 2.05) is 6.07 Å². The molecule has 0 saturated heterocycles. The molecule has 0 aliphatic carbocycles. The van der Waals surface area contributed by atoms with Crippen LogP contribution in [0.1, 0.15) is 31.2 Å². The largest absolute Gasteiger partial charge is 0.389 e. The summed E-state index contributed by atoms with van der Waals surface area (Å²) >= 11 is 0. The van der Waals surface area contributed by atoms with E-state index in [1.165, 1.54) is 11.3 Å². The first-order chi connectivity index (χ1) is 13.2. The molecule has 0 fully saturated rings. The van der Waals surface area contributed by atoms with Gasteiger partial charge in [0.1, 0.15) is 5.84 Å². The third-order valence-electron chi connectivity index (χ3n) is 4.68. The van der Waals surface area contributed by atoms with E-state index in [2.05, 4.69) is 39.1 Å². The number of nitrogens with two attached hydrogens (primary N) is 1. The predicted octanol–water partition coefficient (Wildman–Crippen LogP) is 0.473. The van der Waals surface area contributed by atoms with E-state index in [9.17, 15) is 10.2 Å². The summed E-state index contributed by atoms with van der Waals surface area (Å²) in [5.41, 5.74) is 7.94. The number of benzene rings is 1. The van der Waals surface area contributed by atoms with E-state index >= 15 is 0 Å². The van der Waals surface area contributed by atoms with Gasteiger partial charge in [-0.05, 0) is 56.9 Å². The van der Waals surface area contributed by atoms with Crippen molar-refractivity contribution in [3.63, 3.8) is 0 Å². The molecule has 2 atom stereocenters. The molecule has 1 aromatic carbocycles. The van der Waals surface area contributed by atoms with Crippen molar-refractivity contribution < 1.29 is 10.2 Å². The van der Waals surface area contributed by atoms with Crippen LogP contribution in [0.2, 0.25) is 0 Å². The Kier molecular flexibility index (Phi) is 10.3. The van der Waals surface area contributed by atoms with E-state index < -0.39 is 12.2 Å². The molecule has 27 heavy (non-hydrogen) atoms. The molecular formula is C20H35N5O2. The van der Waals surface area contributed by atoms with Crippen LogP contribution in [0.4, 0.5) is 5.69 Å². The van der Waals surface area contributed by atoms with Crippen LogP contribution in [0.15, 0.2) is 29.3 Å². The number of nitrogens with zero attached hydrogens (tertiary/aromatic N) is 1. The molecule has 1 heterocycles. The maximum atomic E-state index is 9.94. The molecule has 0 unspecified atom stereocenters. The molecule has 0 amide bonds. The van der Waals surface area contributed by atoms with Crippen molar-refractivity contribution in [2.45, 2.75) is 44.3 Å². The summed E-state index contributed by atoms with van der Waals surface area (Å²) in [6.07, 6.45) is 3.39. The minimum Gasteiger partial charge on any atom is -0.389 e. The number of aryl methyl sites for hydroxylation is 1. The summed E-state index contributed by atoms with van der Waals surface area (Å²) < 4.78 is 0. The number of aliphatic hydroxyl groups is 2. The molecule has 0 spiro atoms. The summed E-state index contributed by atoms with van der Waals surface area (Å²) in [5.74, 6) is 1.05. The Bertz CT molecular complexity index is 567. The Balaban J connectivity index is 1.58. The zero-order chi connectivity index (χ0) is 19.3. The fourth-order valence-corrected chi connectivity index (χ4v) is 3.06. The lowest BCUT2D eigenvalue weighted by atomic mass is 10.1. The number of aliphatic hydroxyl groups excluding tert-OH is 2. The van der Waals surface area contributed by atoms with Crippen molar-refractivity contribution in [1.82, 2.24) is 10.6 Å². The molecule has 2 rings (SSSR count). The fourth-order valence-electron chi connectivity index (χ4n) is 3.06. The minimum atomic E-state index is -0.776. The average Bonchev–Trinajstić information content (AvgIpc) is 2.89. The summed E-state index contributed by atoms with van der Waals surface area (Å²) in [6.45, 7) is 3.64. The molecule has 7 nitrogen and oxygen atoms in total. The second kappa shape index (κ2) is 12.8. The normalized spacial score (nSPS) is 17.8. The Hall–Kier alpha value is -1.51. The smallest absolute Gasteiger partial charge is 0.101 e. The molecule has 0 saturated carbocycles. The van der Waals surface area contributed by atoms with Gasteiger partial charge in [-0.2, -0.15) is 0 Å². The molecule has 1 aromatic rings. The minimum absolute atomic E-state index is 0.377. The highest BCUT2D eigenvalue weighted by Gasteiger charge is 2.15. The van der Waals surface area contributed by atoms with Gasteiger partial charge in [0, 0.05) is 31.7 Å². The molecule has 7 N–H and O–H groups in total. The number of nitrogens with one attached hydrogen (secondary N) is 3. The highest BCUT2D eigenvalue weighted by molar-refractivity contribution is 5.96. The number of rotatable bonds is 12. The Labute approximate surface area is 162 Å². The van der Waals surface area contributed by atoms with Gasteiger partial charge in [0.25, 0.3) is 0 Å². The molecule has 1 aliphatic heterocycles. The van der Waals surface area contributed by atoms with Crippen molar-refractivity contribution in [2.75, 3.05) is 44.6 Å². The Morgan fingerprint density at radius 1 is 1.04 bits per heavy atom. The molecule has 7 heteroatoms. The molecule has 0 aromatic heterocycles. The molecule has 1 aliphatic rings. The lowest BCUT2D eigenvalue weighted by Gasteiger charge is -2.18. The monoisotopic (exact) mass is 377 g/mol. The summed E-state index contributed by atoms with van der Waals surface area (Å²) in [5, 5.41) is 29.6. The zero-order valence-electron chi connectivity index (χ0n) is 16.2. The third kappa shape index (κ3) is 8.36. The second-order valence-corrected chi connectivity index (χ2v) is 7.00. The number of anilines is 1. The van der Waals surface area contributed by atoms with Crippen LogP contribution >= 0.6 is 0 Å². The van der Waals surface area contributed by atoms with Gasteiger partial charge in [-0.25, -0.2) is 0 Å². The van der Waals surface area contributed by atoms with Crippen LogP contribution in [0.25, 0.3) is 0 Å². The third-order valence-corrected chi connectivity index (χ3v) is 4.68. The first kappa shape index (κ1) is 21.8. The summed E-state index contributed by atoms with van der Waals surface area (Å²) in [4.78, 5) is 4.69. The van der Waals surface area contributed by atoms with E-state index in [-0.39, 0.29) is 0 Å². The zero-order valence-corrected chi connectivity index (χ0v) is 16.2. The summed E-state index contributed by atoms with van der Waals surface area (Å²) in [7, 11) is 0. The lowest BCUT2D eigenvalue weighted by Crippen LogP contribution is -2.42. The summed E-state index contributed by atoms with van der Waals surface area (Å²) in [6, 6.07) is 8.40. The van der Waals surface area contributed by atoms with Gasteiger partial charge in [0.15, 0.2) is 0 Å². The number of amidine groups is 1. The molecule has 152 valence electrons. The van der Waals surface area contributed by atoms with Crippen LogP contribution in [0.3, 0.4) is 0 Å². The quantitative estimate of drug-likeness (QED) is 0.295. The first-order valence-corrected chi connectivity index (χ1v) is 10.1.